The molecule has 4 aromatic rings. The molecule has 4 rings (SSSR count). The summed E-state index contributed by atoms with van der Waals surface area (Å²) in [5.74, 6) is -1.37. The monoisotopic (exact) mass is 457 g/mol. The molecule has 0 aliphatic heterocycles. The van der Waals surface area contributed by atoms with Crippen LogP contribution < -0.4 is 11.1 Å². The molecule has 0 aliphatic rings. The number of aromatic nitrogens is 1. The van der Waals surface area contributed by atoms with Gasteiger partial charge in [0, 0.05) is 26.8 Å². The number of fused-ring (bicyclic) bond motifs is 1. The molecule has 0 aliphatic carbocycles. The molecule has 0 radical (unpaired) electrons. The number of amides is 2. The molecular formula is C20H15N3O4S3. The highest BCUT2D eigenvalue weighted by molar-refractivity contribution is 7.98. The van der Waals surface area contributed by atoms with Crippen LogP contribution in [0.15, 0.2) is 51.4 Å². The van der Waals surface area contributed by atoms with E-state index in [1.807, 2.05) is 0 Å². The highest BCUT2D eigenvalue weighted by Crippen LogP contribution is 2.39. The molecular weight excluding hydrogens is 442 g/mol. The van der Waals surface area contributed by atoms with Crippen LogP contribution in [0.3, 0.4) is 0 Å². The Balaban J connectivity index is 1.95. The summed E-state index contributed by atoms with van der Waals surface area (Å²) in [7, 11) is 0. The van der Waals surface area contributed by atoms with Crippen molar-refractivity contribution in [3.05, 3.63) is 63.2 Å². The van der Waals surface area contributed by atoms with Gasteiger partial charge in [0.15, 0.2) is 5.78 Å². The number of thiophene rings is 2. The minimum Gasteiger partial charge on any atom is -0.494 e. The van der Waals surface area contributed by atoms with Crippen molar-refractivity contribution >= 4 is 68.1 Å². The molecule has 10 heteroatoms. The second kappa shape index (κ2) is 7.98. The summed E-state index contributed by atoms with van der Waals surface area (Å²) in [6.45, 7) is 0. The lowest BCUT2D eigenvalue weighted by molar-refractivity contribution is 0.102. The smallest absolute Gasteiger partial charge is 0.326 e. The number of primary amides is 1. The van der Waals surface area contributed by atoms with Gasteiger partial charge in [0.2, 0.25) is 5.88 Å². The van der Waals surface area contributed by atoms with E-state index in [4.69, 9.17) is 5.73 Å². The third kappa shape index (κ3) is 3.38. The summed E-state index contributed by atoms with van der Waals surface area (Å²) in [5, 5.41) is 19.7. The van der Waals surface area contributed by atoms with Crippen LogP contribution >= 0.6 is 34.4 Å². The van der Waals surface area contributed by atoms with Crippen LogP contribution in [-0.4, -0.2) is 33.7 Å². The number of nitrogens with one attached hydrogen (secondary N) is 1. The average Bonchev–Trinajstić information content (AvgIpc) is 3.46. The summed E-state index contributed by atoms with van der Waals surface area (Å²) in [6.07, 6.45) is 1.78. The van der Waals surface area contributed by atoms with Crippen LogP contribution in [0.1, 0.15) is 26.3 Å². The fourth-order valence-electron chi connectivity index (χ4n) is 3.18. The van der Waals surface area contributed by atoms with Crippen LogP contribution in [0.5, 0.6) is 5.88 Å². The first-order valence-corrected chi connectivity index (χ1v) is 11.6. The largest absolute Gasteiger partial charge is 0.494 e. The van der Waals surface area contributed by atoms with Crippen LogP contribution in [-0.2, 0) is 0 Å². The van der Waals surface area contributed by atoms with Gasteiger partial charge in [-0.25, -0.2) is 9.36 Å². The van der Waals surface area contributed by atoms with Crippen LogP contribution in [0.25, 0.3) is 10.9 Å². The van der Waals surface area contributed by atoms with Gasteiger partial charge in [0.05, 0.1) is 10.5 Å². The van der Waals surface area contributed by atoms with E-state index in [1.54, 1.807) is 46.7 Å². The van der Waals surface area contributed by atoms with E-state index in [1.165, 1.54) is 40.5 Å². The fourth-order valence-corrected chi connectivity index (χ4v) is 5.08. The topological polar surface area (TPSA) is 114 Å². The van der Waals surface area contributed by atoms with E-state index in [0.717, 1.165) is 4.57 Å². The molecule has 0 saturated carbocycles. The van der Waals surface area contributed by atoms with Crippen molar-refractivity contribution in [2.24, 2.45) is 5.73 Å². The van der Waals surface area contributed by atoms with Gasteiger partial charge in [0.25, 0.3) is 5.91 Å². The molecule has 2 amide bonds. The standard InChI is InChI=1S/C20H15N3O4S3/c1-28-13-8-11(17(24)10-4-6-29-9-10)7-12-15(13)16(19(26)23(12)20(21)27)18(25)22-14-3-2-5-30-14/h2-9,26H,1H3,(H2,21,27)(H,22,25). The molecule has 3 heterocycles. The Kier molecular flexibility index (Phi) is 5.37. The van der Waals surface area contributed by atoms with Crippen molar-refractivity contribution in [2.75, 3.05) is 11.6 Å². The number of anilines is 1. The Morgan fingerprint density at radius 1 is 1.17 bits per heavy atom. The second-order valence-electron chi connectivity index (χ2n) is 6.22. The molecule has 0 saturated heterocycles. The molecule has 152 valence electrons. The van der Waals surface area contributed by atoms with Crippen LogP contribution in [0.4, 0.5) is 9.80 Å². The number of aromatic hydroxyl groups is 1. The number of carbonyl (C=O) groups excluding carboxylic acids is 3. The lowest BCUT2D eigenvalue weighted by atomic mass is 10.0. The first kappa shape index (κ1) is 20.2. The van der Waals surface area contributed by atoms with E-state index in [0.29, 0.717) is 26.4 Å². The maximum atomic E-state index is 13.0. The zero-order valence-electron chi connectivity index (χ0n) is 15.5. The number of hydrogen-bond acceptors (Lipinski definition) is 7. The first-order valence-electron chi connectivity index (χ1n) is 8.59. The van der Waals surface area contributed by atoms with Gasteiger partial charge in [-0.05, 0) is 47.3 Å². The van der Waals surface area contributed by atoms with Crippen molar-refractivity contribution in [3.8, 4) is 5.88 Å². The Morgan fingerprint density at radius 2 is 1.97 bits per heavy atom. The van der Waals surface area contributed by atoms with Gasteiger partial charge in [0.1, 0.15) is 5.56 Å². The summed E-state index contributed by atoms with van der Waals surface area (Å²) in [5.41, 5.74) is 6.46. The number of nitrogens with two attached hydrogens (primary N) is 1. The quantitative estimate of drug-likeness (QED) is 0.299. The predicted octanol–water partition coefficient (Wildman–Crippen LogP) is 4.60. The maximum Gasteiger partial charge on any atom is 0.326 e. The number of carbonyl (C=O) groups is 3. The predicted molar refractivity (Wildman–Crippen MR) is 120 cm³/mol. The first-order chi connectivity index (χ1) is 14.4. The lowest BCUT2D eigenvalue weighted by Gasteiger charge is -2.07. The minimum atomic E-state index is -0.958. The molecule has 30 heavy (non-hydrogen) atoms. The molecule has 0 unspecified atom stereocenters. The van der Waals surface area contributed by atoms with Crippen molar-refractivity contribution in [1.29, 1.82) is 0 Å². The minimum absolute atomic E-state index is 0.0731. The van der Waals surface area contributed by atoms with Crippen molar-refractivity contribution < 1.29 is 19.5 Å². The Hall–Kier alpha value is -3.08. The molecule has 4 N–H and O–H groups in total. The zero-order valence-corrected chi connectivity index (χ0v) is 18.0. The number of hydrogen-bond donors (Lipinski definition) is 3. The molecule has 0 bridgehead atoms. The normalized spacial score (nSPS) is 11.0. The van der Waals surface area contributed by atoms with E-state index >= 15 is 0 Å². The summed E-state index contributed by atoms with van der Waals surface area (Å²) < 4.78 is 0.850. The number of thioether (sulfide) groups is 1. The van der Waals surface area contributed by atoms with Gasteiger partial charge < -0.3 is 16.2 Å². The van der Waals surface area contributed by atoms with E-state index in [9.17, 15) is 19.5 Å². The summed E-state index contributed by atoms with van der Waals surface area (Å²) in [6, 6.07) is 7.38. The SMILES string of the molecule is CSc1cc(C(=O)c2ccsc2)cc2c1c(C(=O)Nc1cccs1)c(O)n2C(N)=O. The second-order valence-corrected chi connectivity index (χ2v) is 8.79. The number of benzene rings is 1. The van der Waals surface area contributed by atoms with Crippen molar-refractivity contribution in [3.63, 3.8) is 0 Å². The van der Waals surface area contributed by atoms with Gasteiger partial charge in [-0.1, -0.05) is 0 Å². The Morgan fingerprint density at radius 3 is 2.57 bits per heavy atom. The highest BCUT2D eigenvalue weighted by Gasteiger charge is 2.28. The van der Waals surface area contributed by atoms with E-state index in [2.05, 4.69) is 5.32 Å². The van der Waals surface area contributed by atoms with E-state index in [-0.39, 0.29) is 16.9 Å². The lowest BCUT2D eigenvalue weighted by Crippen LogP contribution is -2.19. The molecule has 1 aromatic carbocycles. The number of ketones is 1. The third-order valence-electron chi connectivity index (χ3n) is 4.48. The Labute approximate surface area is 183 Å². The van der Waals surface area contributed by atoms with Crippen LogP contribution in [0, 0.1) is 0 Å². The van der Waals surface area contributed by atoms with Crippen LogP contribution in [0.2, 0.25) is 0 Å². The fraction of sp³-hybridized carbons (Fsp3) is 0.0500. The van der Waals surface area contributed by atoms with Gasteiger partial charge >= 0.3 is 6.03 Å². The molecule has 0 atom stereocenters. The van der Waals surface area contributed by atoms with Crippen molar-refractivity contribution in [2.45, 2.75) is 4.90 Å². The Bertz CT molecular complexity index is 1270. The van der Waals surface area contributed by atoms with E-state index < -0.39 is 17.8 Å². The molecule has 0 fully saturated rings. The van der Waals surface area contributed by atoms with Gasteiger partial charge in [-0.15, -0.1) is 23.1 Å². The molecule has 3 aromatic heterocycles. The third-order valence-corrected chi connectivity index (χ3v) is 6.71. The van der Waals surface area contributed by atoms with Gasteiger partial charge in [-0.3, -0.25) is 9.59 Å². The summed E-state index contributed by atoms with van der Waals surface area (Å²) in [4.78, 5) is 38.5. The molecule has 7 nitrogen and oxygen atoms in total. The van der Waals surface area contributed by atoms with Gasteiger partial charge in [-0.2, -0.15) is 11.3 Å². The summed E-state index contributed by atoms with van der Waals surface area (Å²) >= 11 is 4.02. The molecule has 0 spiro atoms. The number of nitrogens with zero attached hydrogens (tertiary/aromatic N) is 1. The maximum absolute atomic E-state index is 13.0. The average molecular weight is 458 g/mol. The van der Waals surface area contributed by atoms with Crippen molar-refractivity contribution in [1.82, 2.24) is 4.57 Å². The number of rotatable bonds is 5. The zero-order chi connectivity index (χ0) is 21.4. The highest BCUT2D eigenvalue weighted by atomic mass is 32.2.